The van der Waals surface area contributed by atoms with Crippen LogP contribution in [0.15, 0.2) is 41.3 Å². The molecule has 1 amide bonds. The SMILES string of the molecule is CCOc1ccc(NC(=O)Cc2ccc3c(c2)OCCO3)cc1S(=O)(=O)N1CCCCC1. The highest BCUT2D eigenvalue weighted by molar-refractivity contribution is 7.89. The molecule has 8 nitrogen and oxygen atoms in total. The molecule has 2 aliphatic heterocycles. The quantitative estimate of drug-likeness (QED) is 0.682. The Balaban J connectivity index is 1.52. The van der Waals surface area contributed by atoms with Crippen molar-refractivity contribution in [2.45, 2.75) is 37.5 Å². The number of carbonyl (C=O) groups excluding carboxylic acids is 1. The van der Waals surface area contributed by atoms with Gasteiger partial charge in [0.1, 0.15) is 23.9 Å². The Morgan fingerprint density at radius 1 is 1.03 bits per heavy atom. The van der Waals surface area contributed by atoms with Crippen LogP contribution >= 0.6 is 0 Å². The number of carbonyl (C=O) groups is 1. The Labute approximate surface area is 188 Å². The fraction of sp³-hybridized carbons (Fsp3) is 0.435. The second-order valence-corrected chi connectivity index (χ2v) is 9.67. The van der Waals surface area contributed by atoms with E-state index in [2.05, 4.69) is 5.32 Å². The highest BCUT2D eigenvalue weighted by Crippen LogP contribution is 2.32. The number of hydrogen-bond donors (Lipinski definition) is 1. The summed E-state index contributed by atoms with van der Waals surface area (Å²) in [5.74, 6) is 1.33. The van der Waals surface area contributed by atoms with E-state index in [0.29, 0.717) is 55.8 Å². The van der Waals surface area contributed by atoms with E-state index in [9.17, 15) is 13.2 Å². The lowest BCUT2D eigenvalue weighted by atomic mass is 10.1. The van der Waals surface area contributed by atoms with Crippen molar-refractivity contribution in [1.29, 1.82) is 0 Å². The first-order valence-electron chi connectivity index (χ1n) is 10.9. The van der Waals surface area contributed by atoms with Crippen molar-refractivity contribution in [3.05, 3.63) is 42.0 Å². The smallest absolute Gasteiger partial charge is 0.246 e. The summed E-state index contributed by atoms with van der Waals surface area (Å²) in [6.07, 6.45) is 2.84. The average Bonchev–Trinajstić information content (AvgIpc) is 2.80. The number of benzene rings is 2. The summed E-state index contributed by atoms with van der Waals surface area (Å²) >= 11 is 0. The van der Waals surface area contributed by atoms with E-state index in [1.54, 1.807) is 31.2 Å². The van der Waals surface area contributed by atoms with Gasteiger partial charge in [-0.2, -0.15) is 4.31 Å². The summed E-state index contributed by atoms with van der Waals surface area (Å²) in [5.41, 5.74) is 1.19. The average molecular weight is 461 g/mol. The number of ether oxygens (including phenoxy) is 3. The molecule has 0 unspecified atom stereocenters. The Kier molecular flexibility index (Phi) is 6.86. The second-order valence-electron chi connectivity index (χ2n) is 7.76. The number of rotatable bonds is 7. The molecular formula is C23H28N2O6S. The monoisotopic (exact) mass is 460 g/mol. The number of piperidine rings is 1. The Morgan fingerprint density at radius 3 is 2.53 bits per heavy atom. The third-order valence-corrected chi connectivity index (χ3v) is 7.35. The Morgan fingerprint density at radius 2 is 1.78 bits per heavy atom. The van der Waals surface area contributed by atoms with E-state index in [4.69, 9.17) is 14.2 Å². The van der Waals surface area contributed by atoms with Gasteiger partial charge in [-0.05, 0) is 55.7 Å². The van der Waals surface area contributed by atoms with Crippen LogP contribution in [-0.4, -0.2) is 51.5 Å². The topological polar surface area (TPSA) is 94.2 Å². The highest BCUT2D eigenvalue weighted by Gasteiger charge is 2.29. The maximum atomic E-state index is 13.3. The third-order valence-electron chi connectivity index (χ3n) is 5.43. The van der Waals surface area contributed by atoms with Crippen molar-refractivity contribution in [2.75, 3.05) is 38.2 Å². The minimum absolute atomic E-state index is 0.0818. The van der Waals surface area contributed by atoms with Gasteiger partial charge in [-0.1, -0.05) is 12.5 Å². The molecule has 0 atom stereocenters. The summed E-state index contributed by atoms with van der Waals surface area (Å²) in [6, 6.07) is 10.1. The molecule has 1 saturated heterocycles. The molecule has 2 heterocycles. The maximum absolute atomic E-state index is 13.3. The van der Waals surface area contributed by atoms with E-state index in [1.165, 1.54) is 10.4 Å². The van der Waals surface area contributed by atoms with Crippen molar-refractivity contribution in [2.24, 2.45) is 0 Å². The van der Waals surface area contributed by atoms with E-state index >= 15 is 0 Å². The van der Waals surface area contributed by atoms with Gasteiger partial charge < -0.3 is 19.5 Å². The van der Waals surface area contributed by atoms with Crippen LogP contribution in [0.4, 0.5) is 5.69 Å². The van der Waals surface area contributed by atoms with Crippen molar-refractivity contribution < 1.29 is 27.4 Å². The molecule has 2 aromatic carbocycles. The molecule has 0 saturated carbocycles. The van der Waals surface area contributed by atoms with Gasteiger partial charge >= 0.3 is 0 Å². The number of anilines is 1. The molecule has 0 aromatic heterocycles. The second kappa shape index (κ2) is 9.79. The van der Waals surface area contributed by atoms with Gasteiger partial charge in [0.2, 0.25) is 15.9 Å². The molecule has 172 valence electrons. The fourth-order valence-electron chi connectivity index (χ4n) is 3.89. The zero-order valence-corrected chi connectivity index (χ0v) is 18.9. The number of nitrogens with one attached hydrogen (secondary N) is 1. The van der Waals surface area contributed by atoms with Gasteiger partial charge in [-0.3, -0.25) is 4.79 Å². The summed E-state index contributed by atoms with van der Waals surface area (Å²) in [6.45, 7) is 4.12. The van der Waals surface area contributed by atoms with Crippen molar-refractivity contribution >= 4 is 21.6 Å². The number of nitrogens with zero attached hydrogens (tertiary/aromatic N) is 1. The molecule has 0 bridgehead atoms. The first-order chi connectivity index (χ1) is 15.5. The number of hydrogen-bond acceptors (Lipinski definition) is 6. The van der Waals surface area contributed by atoms with Gasteiger partial charge in [0.25, 0.3) is 0 Å². The number of fused-ring (bicyclic) bond motifs is 1. The molecule has 0 spiro atoms. The van der Waals surface area contributed by atoms with E-state index < -0.39 is 10.0 Å². The molecule has 4 rings (SSSR count). The van der Waals surface area contributed by atoms with Gasteiger partial charge in [0.15, 0.2) is 11.5 Å². The molecule has 0 radical (unpaired) electrons. The number of amides is 1. The van der Waals surface area contributed by atoms with Gasteiger partial charge in [-0.25, -0.2) is 8.42 Å². The van der Waals surface area contributed by atoms with Crippen molar-refractivity contribution in [3.63, 3.8) is 0 Å². The largest absolute Gasteiger partial charge is 0.492 e. The molecule has 1 fully saturated rings. The first-order valence-corrected chi connectivity index (χ1v) is 12.4. The lowest BCUT2D eigenvalue weighted by molar-refractivity contribution is -0.115. The predicted molar refractivity (Wildman–Crippen MR) is 120 cm³/mol. The van der Waals surface area contributed by atoms with Crippen molar-refractivity contribution in [1.82, 2.24) is 4.31 Å². The maximum Gasteiger partial charge on any atom is 0.246 e. The molecule has 1 N–H and O–H groups in total. The van der Waals surface area contributed by atoms with E-state index in [-0.39, 0.29) is 17.2 Å². The molecule has 2 aliphatic rings. The van der Waals surface area contributed by atoms with Crippen LogP contribution < -0.4 is 19.5 Å². The summed E-state index contributed by atoms with van der Waals surface area (Å²) in [4.78, 5) is 12.7. The van der Waals surface area contributed by atoms with Crippen LogP contribution in [0, 0.1) is 0 Å². The zero-order valence-electron chi connectivity index (χ0n) is 18.1. The summed E-state index contributed by atoms with van der Waals surface area (Å²) < 4.78 is 44.7. The predicted octanol–water partition coefficient (Wildman–Crippen LogP) is 3.21. The first kappa shape index (κ1) is 22.4. The normalized spacial score (nSPS) is 16.4. The molecule has 0 aliphatic carbocycles. The van der Waals surface area contributed by atoms with E-state index in [1.807, 2.05) is 6.07 Å². The number of sulfonamides is 1. The van der Waals surface area contributed by atoms with Crippen LogP contribution in [0.3, 0.4) is 0 Å². The van der Waals surface area contributed by atoms with E-state index in [0.717, 1.165) is 24.8 Å². The van der Waals surface area contributed by atoms with Crippen LogP contribution in [0.25, 0.3) is 0 Å². The van der Waals surface area contributed by atoms with Gasteiger partial charge in [0.05, 0.1) is 13.0 Å². The Bertz CT molecular complexity index is 1080. The van der Waals surface area contributed by atoms with Crippen LogP contribution in [-0.2, 0) is 21.2 Å². The van der Waals surface area contributed by atoms with Gasteiger partial charge in [-0.15, -0.1) is 0 Å². The standard InChI is InChI=1S/C23H28N2O6S/c1-2-29-20-9-7-18(16-22(20)32(27,28)25-10-4-3-5-11-25)24-23(26)15-17-6-8-19-21(14-17)31-13-12-30-19/h6-9,14,16H,2-5,10-13,15H2,1H3,(H,24,26). The molecular weight excluding hydrogens is 432 g/mol. The minimum atomic E-state index is -3.72. The minimum Gasteiger partial charge on any atom is -0.492 e. The summed E-state index contributed by atoms with van der Waals surface area (Å²) in [5, 5.41) is 2.81. The van der Waals surface area contributed by atoms with Crippen LogP contribution in [0.2, 0.25) is 0 Å². The Hall–Kier alpha value is -2.78. The zero-order chi connectivity index (χ0) is 22.6. The fourth-order valence-corrected chi connectivity index (χ4v) is 5.57. The van der Waals surface area contributed by atoms with Crippen molar-refractivity contribution in [3.8, 4) is 17.2 Å². The third kappa shape index (κ3) is 4.99. The van der Waals surface area contributed by atoms with Crippen LogP contribution in [0.5, 0.6) is 17.2 Å². The molecule has 32 heavy (non-hydrogen) atoms. The lowest BCUT2D eigenvalue weighted by Gasteiger charge is -2.27. The molecule has 9 heteroatoms. The lowest BCUT2D eigenvalue weighted by Crippen LogP contribution is -2.35. The van der Waals surface area contributed by atoms with Gasteiger partial charge in [0, 0.05) is 18.8 Å². The summed E-state index contributed by atoms with van der Waals surface area (Å²) in [7, 11) is -3.72. The van der Waals surface area contributed by atoms with Crippen LogP contribution in [0.1, 0.15) is 31.7 Å². The highest BCUT2D eigenvalue weighted by atomic mass is 32.2. The molecule has 2 aromatic rings.